The predicted octanol–water partition coefficient (Wildman–Crippen LogP) is 3.92. The second-order valence-electron chi connectivity index (χ2n) is 4.95. The van der Waals surface area contributed by atoms with Crippen LogP contribution in [0.5, 0.6) is 0 Å². The van der Waals surface area contributed by atoms with Crippen molar-refractivity contribution in [3.63, 3.8) is 0 Å². The monoisotopic (exact) mass is 366 g/mol. The molecule has 3 rings (SSSR count). The molecule has 0 spiro atoms. The highest BCUT2D eigenvalue weighted by Gasteiger charge is 2.19. The lowest BCUT2D eigenvalue weighted by molar-refractivity contribution is -0.116. The van der Waals surface area contributed by atoms with Gasteiger partial charge in [-0.1, -0.05) is 11.6 Å². The van der Waals surface area contributed by atoms with Gasteiger partial charge in [0.25, 0.3) is 0 Å². The summed E-state index contributed by atoms with van der Waals surface area (Å²) in [6.07, 6.45) is 0. The van der Waals surface area contributed by atoms with Gasteiger partial charge in [0.05, 0.1) is 23.0 Å². The molecule has 0 saturated heterocycles. The first-order chi connectivity index (χ1) is 11.5. The first-order valence-corrected chi connectivity index (χ1v) is 8.15. The number of halogens is 2. The Hall–Kier alpha value is -2.38. The summed E-state index contributed by atoms with van der Waals surface area (Å²) in [5, 5.41) is 4.57. The normalized spacial score (nSPS) is 10.8. The maximum Gasteiger partial charge on any atom is 0.354 e. The zero-order valence-corrected chi connectivity index (χ0v) is 14.1. The van der Waals surface area contributed by atoms with E-state index in [4.69, 9.17) is 16.3 Å². The number of ether oxygens (including phenoxy) is 1. The van der Waals surface area contributed by atoms with Crippen molar-refractivity contribution in [3.05, 3.63) is 52.2 Å². The molecule has 0 radical (unpaired) electrons. The van der Waals surface area contributed by atoms with Crippen LogP contribution in [0.3, 0.4) is 0 Å². The Kier molecular flexibility index (Phi) is 4.55. The number of carbonyl (C=O) groups excluding carboxylic acids is 2. The summed E-state index contributed by atoms with van der Waals surface area (Å²) in [6, 6.07) is 7.45. The maximum absolute atomic E-state index is 13.8. The van der Waals surface area contributed by atoms with E-state index in [2.05, 4.69) is 5.32 Å². The lowest BCUT2D eigenvalue weighted by Gasteiger charge is -2.10. The first-order valence-electron chi connectivity index (χ1n) is 6.89. The van der Waals surface area contributed by atoms with Crippen LogP contribution < -0.4 is 5.32 Å². The number of esters is 1. The molecule has 0 saturated carbocycles. The van der Waals surface area contributed by atoms with Crippen molar-refractivity contribution in [1.82, 2.24) is 4.57 Å². The number of thiophene rings is 1. The summed E-state index contributed by atoms with van der Waals surface area (Å²) in [7, 11) is 1.27. The summed E-state index contributed by atoms with van der Waals surface area (Å²) >= 11 is 7.14. The molecule has 3 aromatic rings. The number of carbonyl (C=O) groups is 2. The molecule has 2 aromatic heterocycles. The number of fused-ring (bicyclic) bond motifs is 1. The molecular weight excluding hydrogens is 355 g/mol. The van der Waals surface area contributed by atoms with Gasteiger partial charge in [0, 0.05) is 5.02 Å². The molecule has 8 heteroatoms. The summed E-state index contributed by atoms with van der Waals surface area (Å²) < 4.78 is 20.9. The van der Waals surface area contributed by atoms with Crippen molar-refractivity contribution in [1.29, 1.82) is 0 Å². The van der Waals surface area contributed by atoms with E-state index < -0.39 is 17.7 Å². The second kappa shape index (κ2) is 6.62. The summed E-state index contributed by atoms with van der Waals surface area (Å²) in [4.78, 5) is 24.2. The number of anilines is 1. The summed E-state index contributed by atoms with van der Waals surface area (Å²) in [6.45, 7) is -0.146. The number of rotatable bonds is 4. The molecular formula is C16H12ClFN2O3S. The van der Waals surface area contributed by atoms with E-state index in [0.29, 0.717) is 0 Å². The largest absolute Gasteiger partial charge is 0.464 e. The van der Waals surface area contributed by atoms with Crippen molar-refractivity contribution < 1.29 is 18.7 Å². The van der Waals surface area contributed by atoms with Gasteiger partial charge in [0.2, 0.25) is 5.91 Å². The van der Waals surface area contributed by atoms with Gasteiger partial charge >= 0.3 is 5.97 Å². The number of hydrogen-bond acceptors (Lipinski definition) is 4. The molecule has 0 aliphatic rings. The molecule has 0 aliphatic carbocycles. The number of benzene rings is 1. The lowest BCUT2D eigenvalue weighted by Crippen LogP contribution is -2.22. The number of nitrogens with one attached hydrogen (secondary N) is 1. The van der Waals surface area contributed by atoms with E-state index in [0.717, 1.165) is 16.3 Å². The average molecular weight is 367 g/mol. The number of nitrogens with zero attached hydrogens (tertiary/aromatic N) is 1. The van der Waals surface area contributed by atoms with Crippen LogP contribution in [0.2, 0.25) is 5.02 Å². The summed E-state index contributed by atoms with van der Waals surface area (Å²) in [5.74, 6) is -1.63. The van der Waals surface area contributed by atoms with Crippen LogP contribution in [0.4, 0.5) is 10.1 Å². The smallest absolute Gasteiger partial charge is 0.354 e. The van der Waals surface area contributed by atoms with Crippen molar-refractivity contribution in [2.75, 3.05) is 12.4 Å². The van der Waals surface area contributed by atoms with Crippen molar-refractivity contribution in [2.45, 2.75) is 6.54 Å². The first kappa shape index (κ1) is 16.5. The highest BCUT2D eigenvalue weighted by atomic mass is 35.5. The Morgan fingerprint density at radius 2 is 2.12 bits per heavy atom. The number of amides is 1. The second-order valence-corrected chi connectivity index (χ2v) is 6.33. The van der Waals surface area contributed by atoms with Gasteiger partial charge in [-0.3, -0.25) is 4.79 Å². The van der Waals surface area contributed by atoms with Crippen LogP contribution in [0, 0.1) is 5.82 Å². The van der Waals surface area contributed by atoms with Gasteiger partial charge in [-0.2, -0.15) is 0 Å². The third-order valence-electron chi connectivity index (χ3n) is 3.42. The molecule has 0 bridgehead atoms. The Morgan fingerprint density at radius 3 is 2.83 bits per heavy atom. The van der Waals surface area contributed by atoms with Crippen LogP contribution in [-0.2, 0) is 16.1 Å². The van der Waals surface area contributed by atoms with Crippen LogP contribution in [0.15, 0.2) is 35.7 Å². The zero-order valence-electron chi connectivity index (χ0n) is 12.5. The topological polar surface area (TPSA) is 60.3 Å². The molecule has 0 fully saturated rings. The van der Waals surface area contributed by atoms with Crippen LogP contribution in [0.1, 0.15) is 10.5 Å². The van der Waals surface area contributed by atoms with Gasteiger partial charge < -0.3 is 14.6 Å². The molecule has 1 N–H and O–H groups in total. The van der Waals surface area contributed by atoms with Crippen molar-refractivity contribution in [3.8, 4) is 0 Å². The molecule has 0 unspecified atom stereocenters. The zero-order chi connectivity index (χ0) is 17.3. The van der Waals surface area contributed by atoms with Crippen LogP contribution >= 0.6 is 22.9 Å². The molecule has 1 amide bonds. The fourth-order valence-corrected chi connectivity index (χ4v) is 3.33. The minimum atomic E-state index is -0.628. The van der Waals surface area contributed by atoms with E-state index in [1.54, 1.807) is 10.6 Å². The van der Waals surface area contributed by atoms with Crippen molar-refractivity contribution in [2.24, 2.45) is 0 Å². The van der Waals surface area contributed by atoms with Crippen LogP contribution in [-0.4, -0.2) is 23.6 Å². The SMILES string of the molecule is COC(=O)c1cc2sccc2n1CC(=O)Nc1ccc(Cl)cc1F. The highest BCUT2D eigenvalue weighted by molar-refractivity contribution is 7.17. The average Bonchev–Trinajstić information content (AvgIpc) is 3.12. The minimum absolute atomic E-state index is 0.0257. The van der Waals surface area contributed by atoms with E-state index in [-0.39, 0.29) is 22.9 Å². The minimum Gasteiger partial charge on any atom is -0.464 e. The molecule has 2 heterocycles. The van der Waals surface area contributed by atoms with Gasteiger partial charge in [-0.15, -0.1) is 11.3 Å². The van der Waals surface area contributed by atoms with Gasteiger partial charge in [0.15, 0.2) is 0 Å². The third-order valence-corrected chi connectivity index (χ3v) is 4.51. The number of hydrogen-bond donors (Lipinski definition) is 1. The van der Waals surface area contributed by atoms with Gasteiger partial charge in [-0.25, -0.2) is 9.18 Å². The molecule has 124 valence electrons. The Labute approximate surface area is 145 Å². The Morgan fingerprint density at radius 1 is 1.33 bits per heavy atom. The van der Waals surface area contributed by atoms with E-state index in [9.17, 15) is 14.0 Å². The Balaban J connectivity index is 1.87. The molecule has 0 atom stereocenters. The number of methoxy groups -OCH3 is 1. The predicted molar refractivity (Wildman–Crippen MR) is 91.2 cm³/mol. The van der Waals surface area contributed by atoms with E-state index in [1.165, 1.54) is 30.6 Å². The van der Waals surface area contributed by atoms with E-state index in [1.807, 2.05) is 11.4 Å². The number of aromatic nitrogens is 1. The lowest BCUT2D eigenvalue weighted by atomic mass is 10.3. The molecule has 24 heavy (non-hydrogen) atoms. The molecule has 1 aromatic carbocycles. The third kappa shape index (κ3) is 3.13. The quantitative estimate of drug-likeness (QED) is 0.712. The standard InChI is InChI=1S/C16H12ClFN2O3S/c1-23-16(22)13-7-14-12(4-5-24-14)20(13)8-15(21)19-11-3-2-9(17)6-10(11)18/h2-7H,8H2,1H3,(H,19,21). The fraction of sp³-hybridized carbons (Fsp3) is 0.125. The Bertz CT molecular complexity index is 935. The van der Waals surface area contributed by atoms with Crippen molar-refractivity contribution >= 4 is 50.7 Å². The van der Waals surface area contributed by atoms with E-state index >= 15 is 0 Å². The van der Waals surface area contributed by atoms with Gasteiger partial charge in [-0.05, 0) is 35.7 Å². The fourth-order valence-electron chi connectivity index (χ4n) is 2.35. The van der Waals surface area contributed by atoms with Gasteiger partial charge in [0.1, 0.15) is 18.1 Å². The summed E-state index contributed by atoms with van der Waals surface area (Å²) in [5.41, 5.74) is 1.04. The molecule has 0 aliphatic heterocycles. The molecule has 5 nitrogen and oxygen atoms in total. The maximum atomic E-state index is 13.8. The highest BCUT2D eigenvalue weighted by Crippen LogP contribution is 2.26. The van der Waals surface area contributed by atoms with Crippen LogP contribution in [0.25, 0.3) is 10.2 Å².